The van der Waals surface area contributed by atoms with Crippen LogP contribution < -0.4 is 10.2 Å². The Labute approximate surface area is 135 Å². The Bertz CT molecular complexity index is 753. The van der Waals surface area contributed by atoms with E-state index in [1.807, 2.05) is 61.5 Å². The van der Waals surface area contributed by atoms with Crippen molar-refractivity contribution < 1.29 is 9.59 Å². The number of anilines is 2. The molecule has 3 rings (SSSR count). The van der Waals surface area contributed by atoms with E-state index < -0.39 is 0 Å². The summed E-state index contributed by atoms with van der Waals surface area (Å²) in [6.07, 6.45) is 3.62. The fourth-order valence-electron chi connectivity index (χ4n) is 2.74. The molecule has 2 aromatic carbocycles. The molecule has 1 aliphatic rings. The van der Waals surface area contributed by atoms with E-state index in [1.54, 1.807) is 17.1 Å². The van der Waals surface area contributed by atoms with Gasteiger partial charge in [-0.3, -0.25) is 9.59 Å². The first-order valence-corrected chi connectivity index (χ1v) is 7.60. The summed E-state index contributed by atoms with van der Waals surface area (Å²) in [5.74, 6) is -0.211. The maximum absolute atomic E-state index is 12.7. The smallest absolute Gasteiger partial charge is 0.251 e. The molecule has 0 aromatic heterocycles. The lowest BCUT2D eigenvalue weighted by Gasteiger charge is -2.26. The van der Waals surface area contributed by atoms with E-state index in [9.17, 15) is 9.59 Å². The molecule has 0 bridgehead atoms. The average molecular weight is 306 g/mol. The number of fused-ring (bicyclic) bond motifs is 1. The van der Waals surface area contributed by atoms with Crippen molar-refractivity contribution in [3.05, 3.63) is 66.2 Å². The van der Waals surface area contributed by atoms with Crippen molar-refractivity contribution in [2.75, 3.05) is 10.2 Å². The van der Waals surface area contributed by atoms with Crippen LogP contribution in [-0.2, 0) is 9.59 Å². The predicted molar refractivity (Wildman–Crippen MR) is 92.1 cm³/mol. The molecule has 0 spiro atoms. The van der Waals surface area contributed by atoms with Crippen LogP contribution in [0.2, 0.25) is 0 Å². The Morgan fingerprint density at radius 1 is 1.13 bits per heavy atom. The summed E-state index contributed by atoms with van der Waals surface area (Å²) in [5.41, 5.74) is 2.36. The molecule has 4 heteroatoms. The Morgan fingerprint density at radius 3 is 2.61 bits per heavy atom. The first kappa shape index (κ1) is 15.0. The molecule has 0 fully saturated rings. The molecule has 116 valence electrons. The van der Waals surface area contributed by atoms with Gasteiger partial charge in [-0.25, -0.2) is 0 Å². The van der Waals surface area contributed by atoms with Gasteiger partial charge >= 0.3 is 0 Å². The quantitative estimate of drug-likeness (QED) is 0.864. The molecule has 4 nitrogen and oxygen atoms in total. The van der Waals surface area contributed by atoms with Gasteiger partial charge in [0.2, 0.25) is 5.91 Å². The number of nitrogens with zero attached hydrogens (tertiary/aromatic N) is 1. The second-order valence-electron chi connectivity index (χ2n) is 5.57. The number of carbonyl (C=O) groups excluding carboxylic acids is 2. The summed E-state index contributed by atoms with van der Waals surface area (Å²) in [6.45, 7) is 1.88. The highest BCUT2D eigenvalue weighted by Gasteiger charge is 2.28. The van der Waals surface area contributed by atoms with Gasteiger partial charge in [-0.1, -0.05) is 42.5 Å². The van der Waals surface area contributed by atoms with Crippen LogP contribution in [0.15, 0.2) is 60.7 Å². The van der Waals surface area contributed by atoms with Crippen molar-refractivity contribution in [2.24, 2.45) is 0 Å². The highest BCUT2D eigenvalue weighted by atomic mass is 16.2. The Morgan fingerprint density at radius 2 is 1.83 bits per heavy atom. The first-order valence-electron chi connectivity index (χ1n) is 7.60. The maximum atomic E-state index is 12.7. The molecule has 0 saturated carbocycles. The standard InChI is InChI=1S/C19H18N2O2/c1-14-13-18(22)20-16-9-5-6-10-17(16)21(14)19(23)12-11-15-7-3-2-4-8-15/h2-12,14H,13H2,1H3,(H,20,22). The van der Waals surface area contributed by atoms with Crippen molar-refractivity contribution in [1.82, 2.24) is 0 Å². The van der Waals surface area contributed by atoms with Gasteiger partial charge in [0.15, 0.2) is 0 Å². The molecule has 1 N–H and O–H groups in total. The zero-order valence-corrected chi connectivity index (χ0v) is 12.9. The predicted octanol–water partition coefficient (Wildman–Crippen LogP) is 3.46. The Balaban J connectivity index is 1.92. The molecule has 0 radical (unpaired) electrons. The normalized spacial score (nSPS) is 17.5. The van der Waals surface area contributed by atoms with Crippen LogP contribution in [0.5, 0.6) is 0 Å². The van der Waals surface area contributed by atoms with Crippen molar-refractivity contribution in [1.29, 1.82) is 0 Å². The number of benzene rings is 2. The largest absolute Gasteiger partial charge is 0.324 e. The van der Waals surface area contributed by atoms with Gasteiger partial charge in [0.05, 0.1) is 11.4 Å². The third-order valence-electron chi connectivity index (χ3n) is 3.81. The number of rotatable bonds is 2. The number of para-hydroxylation sites is 2. The molecule has 1 unspecified atom stereocenters. The van der Waals surface area contributed by atoms with E-state index in [1.165, 1.54) is 0 Å². The van der Waals surface area contributed by atoms with E-state index in [0.717, 1.165) is 11.3 Å². The number of carbonyl (C=O) groups is 2. The van der Waals surface area contributed by atoms with Crippen molar-refractivity contribution >= 4 is 29.3 Å². The third-order valence-corrected chi connectivity index (χ3v) is 3.81. The molecule has 2 aromatic rings. The van der Waals surface area contributed by atoms with Crippen molar-refractivity contribution in [2.45, 2.75) is 19.4 Å². The number of amides is 2. The number of hydrogen-bond donors (Lipinski definition) is 1. The van der Waals surface area contributed by atoms with Gasteiger partial charge < -0.3 is 10.2 Å². The van der Waals surface area contributed by atoms with E-state index in [-0.39, 0.29) is 24.3 Å². The number of hydrogen-bond acceptors (Lipinski definition) is 2. The minimum atomic E-state index is -0.202. The summed E-state index contributed by atoms with van der Waals surface area (Å²) in [5, 5.41) is 2.85. The zero-order valence-electron chi connectivity index (χ0n) is 12.9. The minimum Gasteiger partial charge on any atom is -0.324 e. The SMILES string of the molecule is CC1CC(=O)Nc2ccccc2N1C(=O)C=Cc1ccccc1. The molecule has 1 heterocycles. The Hall–Kier alpha value is -2.88. The molecule has 0 saturated heterocycles. The molecule has 1 aliphatic heterocycles. The molecular formula is C19H18N2O2. The monoisotopic (exact) mass is 306 g/mol. The summed E-state index contributed by atoms with van der Waals surface area (Å²) in [4.78, 5) is 26.3. The molecule has 0 aliphatic carbocycles. The molecule has 1 atom stereocenters. The Kier molecular flexibility index (Phi) is 4.24. The van der Waals surface area contributed by atoms with Crippen LogP contribution in [0.25, 0.3) is 6.08 Å². The lowest BCUT2D eigenvalue weighted by Crippen LogP contribution is -2.37. The first-order chi connectivity index (χ1) is 11.1. The maximum Gasteiger partial charge on any atom is 0.251 e. The highest BCUT2D eigenvalue weighted by molar-refractivity contribution is 6.09. The van der Waals surface area contributed by atoms with E-state index >= 15 is 0 Å². The van der Waals surface area contributed by atoms with Crippen molar-refractivity contribution in [3.8, 4) is 0 Å². The molecule has 2 amide bonds. The summed E-state index contributed by atoms with van der Waals surface area (Å²) < 4.78 is 0. The summed E-state index contributed by atoms with van der Waals surface area (Å²) in [7, 11) is 0. The van der Waals surface area contributed by atoms with Crippen LogP contribution in [0.1, 0.15) is 18.9 Å². The molecular weight excluding hydrogens is 288 g/mol. The van der Waals surface area contributed by atoms with Crippen LogP contribution in [-0.4, -0.2) is 17.9 Å². The van der Waals surface area contributed by atoms with Crippen LogP contribution in [0, 0.1) is 0 Å². The second kappa shape index (κ2) is 6.48. The van der Waals surface area contributed by atoms with Crippen LogP contribution in [0.3, 0.4) is 0 Å². The number of nitrogens with one attached hydrogen (secondary N) is 1. The van der Waals surface area contributed by atoms with Crippen LogP contribution in [0.4, 0.5) is 11.4 Å². The third kappa shape index (κ3) is 3.31. The summed E-state index contributed by atoms with van der Waals surface area (Å²) in [6, 6.07) is 16.8. The van der Waals surface area contributed by atoms with Crippen LogP contribution >= 0.6 is 0 Å². The van der Waals surface area contributed by atoms with E-state index in [4.69, 9.17) is 0 Å². The van der Waals surface area contributed by atoms with Gasteiger partial charge in [-0.05, 0) is 30.7 Å². The fourth-order valence-corrected chi connectivity index (χ4v) is 2.74. The highest BCUT2D eigenvalue weighted by Crippen LogP contribution is 2.31. The van der Waals surface area contributed by atoms with Gasteiger partial charge in [0.1, 0.15) is 0 Å². The average Bonchev–Trinajstić information content (AvgIpc) is 2.68. The lowest BCUT2D eigenvalue weighted by atomic mass is 10.1. The molecule has 23 heavy (non-hydrogen) atoms. The van der Waals surface area contributed by atoms with E-state index in [0.29, 0.717) is 5.69 Å². The lowest BCUT2D eigenvalue weighted by molar-refractivity contribution is -0.116. The van der Waals surface area contributed by atoms with Gasteiger partial charge in [-0.15, -0.1) is 0 Å². The topological polar surface area (TPSA) is 49.4 Å². The van der Waals surface area contributed by atoms with Gasteiger partial charge in [-0.2, -0.15) is 0 Å². The van der Waals surface area contributed by atoms with E-state index in [2.05, 4.69) is 5.32 Å². The minimum absolute atomic E-state index is 0.0766. The van der Waals surface area contributed by atoms with Crippen molar-refractivity contribution in [3.63, 3.8) is 0 Å². The fraction of sp³-hybridized carbons (Fsp3) is 0.158. The second-order valence-corrected chi connectivity index (χ2v) is 5.57. The summed E-state index contributed by atoms with van der Waals surface area (Å²) >= 11 is 0. The van der Waals surface area contributed by atoms with Gasteiger partial charge in [0.25, 0.3) is 5.91 Å². The zero-order chi connectivity index (χ0) is 16.2. The van der Waals surface area contributed by atoms with Gasteiger partial charge in [0, 0.05) is 18.5 Å².